The molecule has 0 aromatic heterocycles. The van der Waals surface area contributed by atoms with Gasteiger partial charge in [0.1, 0.15) is 0 Å². The Hall–Kier alpha value is -1.10. The lowest BCUT2D eigenvalue weighted by molar-refractivity contribution is -0.123. The summed E-state index contributed by atoms with van der Waals surface area (Å²) in [5.41, 5.74) is 0. The Morgan fingerprint density at radius 3 is 2.56 bits per heavy atom. The fourth-order valence-corrected chi connectivity index (χ4v) is 1.83. The molecule has 5 heteroatoms. The molecule has 3 unspecified atom stereocenters. The van der Waals surface area contributed by atoms with Gasteiger partial charge in [-0.3, -0.25) is 9.59 Å². The Morgan fingerprint density at radius 2 is 2.00 bits per heavy atom. The lowest BCUT2D eigenvalue weighted by atomic mass is 10.2. The number of aliphatic hydroxyl groups excluding tert-OH is 1. The van der Waals surface area contributed by atoms with Crippen molar-refractivity contribution in [2.45, 2.75) is 45.6 Å². The van der Waals surface area contributed by atoms with Gasteiger partial charge in [-0.15, -0.1) is 0 Å². The van der Waals surface area contributed by atoms with Crippen LogP contribution < -0.4 is 10.6 Å². The van der Waals surface area contributed by atoms with Gasteiger partial charge in [0.2, 0.25) is 11.8 Å². The molecule has 3 atom stereocenters. The van der Waals surface area contributed by atoms with E-state index in [2.05, 4.69) is 17.6 Å². The molecule has 18 heavy (non-hydrogen) atoms. The Balaban J connectivity index is 1.95. The zero-order chi connectivity index (χ0) is 13.5. The van der Waals surface area contributed by atoms with E-state index in [1.165, 1.54) is 0 Å². The van der Waals surface area contributed by atoms with E-state index in [-0.39, 0.29) is 23.8 Å². The van der Waals surface area contributed by atoms with Gasteiger partial charge >= 0.3 is 0 Å². The van der Waals surface area contributed by atoms with Gasteiger partial charge in [0.25, 0.3) is 0 Å². The number of amides is 2. The van der Waals surface area contributed by atoms with Gasteiger partial charge in [0.15, 0.2) is 0 Å². The molecular formula is C13H24N2O3. The molecule has 0 heterocycles. The van der Waals surface area contributed by atoms with Crippen LogP contribution in [0.3, 0.4) is 0 Å². The van der Waals surface area contributed by atoms with Crippen molar-refractivity contribution in [3.8, 4) is 0 Å². The molecule has 1 rings (SSSR count). The second kappa shape index (κ2) is 7.36. The first-order chi connectivity index (χ1) is 8.50. The first-order valence-electron chi connectivity index (χ1n) is 6.73. The molecule has 5 nitrogen and oxygen atoms in total. The summed E-state index contributed by atoms with van der Waals surface area (Å²) in [5, 5.41) is 14.6. The number of nitrogens with one attached hydrogen (secondary N) is 2. The Morgan fingerprint density at radius 1 is 1.33 bits per heavy atom. The van der Waals surface area contributed by atoms with Crippen LogP contribution in [0.1, 0.15) is 39.5 Å². The molecule has 1 aliphatic carbocycles. The van der Waals surface area contributed by atoms with Crippen molar-refractivity contribution in [2.24, 2.45) is 11.8 Å². The molecule has 1 aliphatic rings. The van der Waals surface area contributed by atoms with Crippen LogP contribution in [0.25, 0.3) is 0 Å². The maximum atomic E-state index is 11.5. The molecule has 0 aromatic rings. The van der Waals surface area contributed by atoms with Crippen LogP contribution in [-0.4, -0.2) is 36.1 Å². The van der Waals surface area contributed by atoms with E-state index in [1.54, 1.807) is 6.92 Å². The average molecular weight is 256 g/mol. The highest BCUT2D eigenvalue weighted by atomic mass is 16.3. The van der Waals surface area contributed by atoms with Gasteiger partial charge in [0, 0.05) is 25.4 Å². The van der Waals surface area contributed by atoms with E-state index in [1.807, 2.05) is 0 Å². The molecule has 3 N–H and O–H groups in total. The first-order valence-corrected chi connectivity index (χ1v) is 6.73. The zero-order valence-electron chi connectivity index (χ0n) is 11.2. The van der Waals surface area contributed by atoms with E-state index in [0.717, 1.165) is 12.8 Å². The highest BCUT2D eigenvalue weighted by Crippen LogP contribution is 2.37. The zero-order valence-corrected chi connectivity index (χ0v) is 11.2. The first kappa shape index (κ1) is 15.0. The summed E-state index contributed by atoms with van der Waals surface area (Å²) in [7, 11) is 0. The van der Waals surface area contributed by atoms with Crippen LogP contribution in [0.2, 0.25) is 0 Å². The van der Waals surface area contributed by atoms with Crippen LogP contribution in [0.4, 0.5) is 0 Å². The van der Waals surface area contributed by atoms with E-state index < -0.39 is 0 Å². The Kier molecular flexibility index (Phi) is 6.12. The van der Waals surface area contributed by atoms with Crippen molar-refractivity contribution in [1.29, 1.82) is 0 Å². The van der Waals surface area contributed by atoms with Crippen molar-refractivity contribution in [2.75, 3.05) is 13.1 Å². The van der Waals surface area contributed by atoms with E-state index in [0.29, 0.717) is 31.8 Å². The molecule has 1 fully saturated rings. The summed E-state index contributed by atoms with van der Waals surface area (Å²) in [5.74, 6) is 0.688. The molecule has 0 saturated heterocycles. The van der Waals surface area contributed by atoms with Gasteiger partial charge in [-0.1, -0.05) is 6.92 Å². The van der Waals surface area contributed by atoms with Crippen LogP contribution in [0.5, 0.6) is 0 Å². The number of hydrogen-bond donors (Lipinski definition) is 3. The summed E-state index contributed by atoms with van der Waals surface area (Å²) in [6.07, 6.45) is 2.44. The molecule has 1 saturated carbocycles. The third kappa shape index (κ3) is 6.00. The minimum atomic E-state index is -0.318. The summed E-state index contributed by atoms with van der Waals surface area (Å²) < 4.78 is 0. The standard InChI is InChI=1S/C13H24N2O3/c1-9-8-11(9)13(18)15-7-5-12(17)14-6-3-4-10(2)16/h9-11,16H,3-8H2,1-2H3,(H,14,17)(H,15,18). The fraction of sp³-hybridized carbons (Fsp3) is 0.846. The topological polar surface area (TPSA) is 78.4 Å². The molecule has 0 spiro atoms. The van der Waals surface area contributed by atoms with Gasteiger partial charge in [0.05, 0.1) is 6.10 Å². The van der Waals surface area contributed by atoms with Crippen molar-refractivity contribution in [3.63, 3.8) is 0 Å². The summed E-state index contributed by atoms with van der Waals surface area (Å²) in [6.45, 7) is 4.77. The smallest absolute Gasteiger partial charge is 0.223 e. The molecular weight excluding hydrogens is 232 g/mol. The predicted molar refractivity (Wildman–Crippen MR) is 68.8 cm³/mol. The molecule has 0 radical (unpaired) electrons. The Bertz CT molecular complexity index is 292. The molecule has 0 bridgehead atoms. The third-order valence-corrected chi connectivity index (χ3v) is 3.22. The number of carbonyl (C=O) groups excluding carboxylic acids is 2. The largest absolute Gasteiger partial charge is 0.393 e. The summed E-state index contributed by atoms with van der Waals surface area (Å²) in [6, 6.07) is 0. The maximum absolute atomic E-state index is 11.5. The van der Waals surface area contributed by atoms with Gasteiger partial charge in [-0.2, -0.15) is 0 Å². The van der Waals surface area contributed by atoms with Gasteiger partial charge < -0.3 is 15.7 Å². The van der Waals surface area contributed by atoms with Crippen molar-refractivity contribution < 1.29 is 14.7 Å². The highest BCUT2D eigenvalue weighted by molar-refractivity contribution is 5.82. The molecule has 104 valence electrons. The predicted octanol–water partition coefficient (Wildman–Crippen LogP) is 0.426. The molecule has 2 amide bonds. The molecule has 0 aromatic carbocycles. The Labute approximate surface area is 108 Å². The van der Waals surface area contributed by atoms with Gasteiger partial charge in [-0.25, -0.2) is 0 Å². The number of carbonyl (C=O) groups is 2. The van der Waals surface area contributed by atoms with Gasteiger partial charge in [-0.05, 0) is 32.1 Å². The minimum Gasteiger partial charge on any atom is -0.393 e. The number of aliphatic hydroxyl groups is 1. The van der Waals surface area contributed by atoms with E-state index in [4.69, 9.17) is 5.11 Å². The van der Waals surface area contributed by atoms with Crippen LogP contribution in [0, 0.1) is 11.8 Å². The van der Waals surface area contributed by atoms with Crippen LogP contribution in [-0.2, 0) is 9.59 Å². The summed E-state index contributed by atoms with van der Waals surface area (Å²) >= 11 is 0. The third-order valence-electron chi connectivity index (χ3n) is 3.22. The number of rotatable bonds is 8. The fourth-order valence-electron chi connectivity index (χ4n) is 1.83. The quantitative estimate of drug-likeness (QED) is 0.551. The van der Waals surface area contributed by atoms with Crippen molar-refractivity contribution in [1.82, 2.24) is 10.6 Å². The lowest BCUT2D eigenvalue weighted by Crippen LogP contribution is -2.32. The van der Waals surface area contributed by atoms with E-state index >= 15 is 0 Å². The normalized spacial score (nSPS) is 23.3. The minimum absolute atomic E-state index is 0.0512. The SMILES string of the molecule is CC(O)CCCNC(=O)CCNC(=O)C1CC1C. The van der Waals surface area contributed by atoms with Crippen LogP contribution >= 0.6 is 0 Å². The second-order valence-corrected chi connectivity index (χ2v) is 5.20. The monoisotopic (exact) mass is 256 g/mol. The van der Waals surface area contributed by atoms with Crippen molar-refractivity contribution >= 4 is 11.8 Å². The maximum Gasteiger partial charge on any atom is 0.223 e. The average Bonchev–Trinajstić information content (AvgIpc) is 3.01. The number of hydrogen-bond acceptors (Lipinski definition) is 3. The second-order valence-electron chi connectivity index (χ2n) is 5.20. The lowest BCUT2D eigenvalue weighted by Gasteiger charge is -2.07. The van der Waals surface area contributed by atoms with E-state index in [9.17, 15) is 9.59 Å². The molecule has 0 aliphatic heterocycles. The summed E-state index contributed by atoms with van der Waals surface area (Å²) in [4.78, 5) is 22.9. The van der Waals surface area contributed by atoms with Crippen molar-refractivity contribution in [3.05, 3.63) is 0 Å². The van der Waals surface area contributed by atoms with Crippen LogP contribution in [0.15, 0.2) is 0 Å². The highest BCUT2D eigenvalue weighted by Gasteiger charge is 2.38.